The average Bonchev–Trinajstić information content (AvgIpc) is 3.04. The highest BCUT2D eigenvalue weighted by molar-refractivity contribution is 5.58. The van der Waals surface area contributed by atoms with Gasteiger partial charge in [0, 0.05) is 25.1 Å². The second kappa shape index (κ2) is 5.58. The Hall–Kier alpha value is -2.96. The van der Waals surface area contributed by atoms with Crippen LogP contribution < -0.4 is 10.6 Å². The molecule has 106 valence electrons. The van der Waals surface area contributed by atoms with E-state index in [0.717, 1.165) is 11.3 Å². The van der Waals surface area contributed by atoms with E-state index in [-0.39, 0.29) is 0 Å². The maximum atomic E-state index is 4.41. The summed E-state index contributed by atoms with van der Waals surface area (Å²) in [6.45, 7) is 2.03. The number of anilines is 3. The Kier molecular flexibility index (Phi) is 3.46. The van der Waals surface area contributed by atoms with Crippen molar-refractivity contribution in [2.45, 2.75) is 6.92 Å². The molecule has 0 fully saturated rings. The van der Waals surface area contributed by atoms with Gasteiger partial charge in [-0.2, -0.15) is 15.0 Å². The number of aryl methyl sites for hydroxylation is 1. The third-order valence-electron chi connectivity index (χ3n) is 2.97. The lowest BCUT2D eigenvalue weighted by molar-refractivity contribution is 0.902. The van der Waals surface area contributed by atoms with E-state index < -0.39 is 0 Å². The highest BCUT2D eigenvalue weighted by Gasteiger charge is 2.08. The zero-order valence-electron chi connectivity index (χ0n) is 11.8. The van der Waals surface area contributed by atoms with Crippen LogP contribution in [0, 0.1) is 6.92 Å². The van der Waals surface area contributed by atoms with Crippen molar-refractivity contribution in [1.82, 2.24) is 24.5 Å². The zero-order chi connectivity index (χ0) is 14.7. The third-order valence-corrected chi connectivity index (χ3v) is 2.97. The summed E-state index contributed by atoms with van der Waals surface area (Å²) in [6, 6.07) is 7.96. The van der Waals surface area contributed by atoms with Crippen molar-refractivity contribution in [3.05, 3.63) is 48.5 Å². The van der Waals surface area contributed by atoms with Gasteiger partial charge in [0.2, 0.25) is 17.8 Å². The van der Waals surface area contributed by atoms with Gasteiger partial charge in [0.05, 0.1) is 0 Å². The van der Waals surface area contributed by atoms with Crippen LogP contribution in [0.5, 0.6) is 0 Å². The summed E-state index contributed by atoms with van der Waals surface area (Å²) in [5.74, 6) is 1.47. The van der Waals surface area contributed by atoms with Gasteiger partial charge in [-0.1, -0.05) is 18.2 Å². The van der Waals surface area contributed by atoms with Crippen LogP contribution >= 0.6 is 0 Å². The first-order valence-corrected chi connectivity index (χ1v) is 6.51. The lowest BCUT2D eigenvalue weighted by Gasteiger charge is -2.10. The van der Waals surface area contributed by atoms with E-state index in [9.17, 15) is 0 Å². The van der Waals surface area contributed by atoms with Gasteiger partial charge in [-0.15, -0.1) is 0 Å². The highest BCUT2D eigenvalue weighted by atomic mass is 15.3. The van der Waals surface area contributed by atoms with Crippen LogP contribution in [-0.2, 0) is 0 Å². The molecule has 0 aliphatic rings. The minimum absolute atomic E-state index is 0.479. The lowest BCUT2D eigenvalue weighted by Crippen LogP contribution is -2.08. The van der Waals surface area contributed by atoms with Crippen LogP contribution in [0.15, 0.2) is 43.0 Å². The lowest BCUT2D eigenvalue weighted by atomic mass is 10.2. The third kappa shape index (κ3) is 2.81. The predicted octanol–water partition coefficient (Wildman–Crippen LogP) is 2.15. The summed E-state index contributed by atoms with van der Waals surface area (Å²) in [6.07, 6.45) is 5.11. The Morgan fingerprint density at radius 2 is 1.86 bits per heavy atom. The molecule has 0 atom stereocenters. The van der Waals surface area contributed by atoms with E-state index in [1.807, 2.05) is 31.2 Å². The minimum Gasteiger partial charge on any atom is -0.357 e. The number of hydrogen-bond acceptors (Lipinski definition) is 6. The molecule has 0 aliphatic heterocycles. The molecular weight excluding hydrogens is 266 g/mol. The van der Waals surface area contributed by atoms with Gasteiger partial charge in [-0.3, -0.25) is 4.57 Å². The summed E-state index contributed by atoms with van der Waals surface area (Å²) in [7, 11) is 1.77. The number of nitrogens with one attached hydrogen (secondary N) is 2. The number of para-hydroxylation sites is 1. The first-order chi connectivity index (χ1) is 10.3. The highest BCUT2D eigenvalue weighted by Crippen LogP contribution is 2.18. The molecule has 0 radical (unpaired) electrons. The first-order valence-electron chi connectivity index (χ1n) is 6.51. The van der Waals surface area contributed by atoms with Crippen molar-refractivity contribution in [1.29, 1.82) is 0 Å². The van der Waals surface area contributed by atoms with E-state index in [2.05, 4.69) is 30.6 Å². The molecule has 2 heterocycles. The summed E-state index contributed by atoms with van der Waals surface area (Å²) in [5, 5.41) is 6.15. The van der Waals surface area contributed by atoms with E-state index in [4.69, 9.17) is 0 Å². The molecule has 0 unspecified atom stereocenters. The Labute approximate surface area is 122 Å². The molecular formula is C14H15N7. The molecule has 7 heteroatoms. The van der Waals surface area contributed by atoms with Crippen LogP contribution in [0.1, 0.15) is 5.56 Å². The number of benzene rings is 1. The molecule has 3 aromatic rings. The molecule has 0 saturated heterocycles. The van der Waals surface area contributed by atoms with Crippen LogP contribution in [0.3, 0.4) is 0 Å². The van der Waals surface area contributed by atoms with Crippen molar-refractivity contribution in [3.63, 3.8) is 0 Å². The van der Waals surface area contributed by atoms with E-state index >= 15 is 0 Å². The van der Waals surface area contributed by atoms with Crippen molar-refractivity contribution in [2.75, 3.05) is 17.7 Å². The number of rotatable bonds is 4. The average molecular weight is 281 g/mol. The largest absolute Gasteiger partial charge is 0.357 e. The monoisotopic (exact) mass is 281 g/mol. The molecule has 0 bridgehead atoms. The van der Waals surface area contributed by atoms with Crippen molar-refractivity contribution < 1.29 is 0 Å². The summed E-state index contributed by atoms with van der Waals surface area (Å²) >= 11 is 0. The van der Waals surface area contributed by atoms with Gasteiger partial charge in [-0.25, -0.2) is 4.98 Å². The molecule has 3 rings (SSSR count). The number of nitrogens with zero attached hydrogens (tertiary/aromatic N) is 5. The molecule has 0 spiro atoms. The Bertz CT molecular complexity index is 737. The van der Waals surface area contributed by atoms with E-state index in [0.29, 0.717) is 17.8 Å². The maximum absolute atomic E-state index is 4.41. The molecule has 21 heavy (non-hydrogen) atoms. The Morgan fingerprint density at radius 3 is 2.57 bits per heavy atom. The molecule has 0 aliphatic carbocycles. The predicted molar refractivity (Wildman–Crippen MR) is 81.0 cm³/mol. The smallest absolute Gasteiger partial charge is 0.241 e. The Balaban J connectivity index is 1.99. The topological polar surface area (TPSA) is 80.5 Å². The standard InChI is InChI=1S/C14H15N7/c1-10-5-3-4-6-11(10)17-13-18-12(15-2)19-14(20-13)21-8-7-16-9-21/h3-9H,1-2H3,(H2,15,17,18,19,20). The van der Waals surface area contributed by atoms with Crippen molar-refractivity contribution in [3.8, 4) is 5.95 Å². The van der Waals surface area contributed by atoms with Gasteiger partial charge in [0.25, 0.3) is 0 Å². The molecule has 0 saturated carbocycles. The Morgan fingerprint density at radius 1 is 1.05 bits per heavy atom. The summed E-state index contributed by atoms with van der Waals surface area (Å²) in [4.78, 5) is 17.0. The van der Waals surface area contributed by atoms with Gasteiger partial charge < -0.3 is 10.6 Å². The summed E-state index contributed by atoms with van der Waals surface area (Å²) in [5.41, 5.74) is 2.08. The molecule has 2 N–H and O–H groups in total. The fourth-order valence-corrected chi connectivity index (χ4v) is 1.86. The van der Waals surface area contributed by atoms with E-state index in [1.54, 1.807) is 30.3 Å². The van der Waals surface area contributed by atoms with Gasteiger partial charge in [0.15, 0.2) is 0 Å². The zero-order valence-corrected chi connectivity index (χ0v) is 11.8. The number of hydrogen-bond donors (Lipinski definition) is 2. The van der Waals surface area contributed by atoms with Crippen molar-refractivity contribution >= 4 is 17.6 Å². The summed E-state index contributed by atoms with van der Waals surface area (Å²) < 4.78 is 1.73. The van der Waals surface area contributed by atoms with Crippen LogP contribution in [0.4, 0.5) is 17.6 Å². The second-order valence-corrected chi connectivity index (χ2v) is 4.44. The molecule has 1 aromatic carbocycles. The van der Waals surface area contributed by atoms with Crippen molar-refractivity contribution in [2.24, 2.45) is 0 Å². The first kappa shape index (κ1) is 13.0. The number of imidazole rings is 1. The molecule has 7 nitrogen and oxygen atoms in total. The fraction of sp³-hybridized carbons (Fsp3) is 0.143. The fourth-order valence-electron chi connectivity index (χ4n) is 1.86. The molecule has 0 amide bonds. The number of aromatic nitrogens is 5. The van der Waals surface area contributed by atoms with Crippen LogP contribution in [-0.4, -0.2) is 31.6 Å². The quantitative estimate of drug-likeness (QED) is 0.762. The maximum Gasteiger partial charge on any atom is 0.241 e. The SMILES string of the molecule is CNc1nc(Nc2ccccc2C)nc(-n2ccnc2)n1. The van der Waals surface area contributed by atoms with Gasteiger partial charge in [-0.05, 0) is 18.6 Å². The van der Waals surface area contributed by atoms with Gasteiger partial charge in [0.1, 0.15) is 6.33 Å². The normalized spacial score (nSPS) is 10.4. The van der Waals surface area contributed by atoms with Gasteiger partial charge >= 0.3 is 0 Å². The minimum atomic E-state index is 0.479. The second-order valence-electron chi connectivity index (χ2n) is 4.44. The van der Waals surface area contributed by atoms with E-state index in [1.165, 1.54) is 0 Å². The van der Waals surface area contributed by atoms with Crippen LogP contribution in [0.25, 0.3) is 5.95 Å². The molecule has 2 aromatic heterocycles. The van der Waals surface area contributed by atoms with Crippen LogP contribution in [0.2, 0.25) is 0 Å².